The minimum atomic E-state index is -3.64. The van der Waals surface area contributed by atoms with Gasteiger partial charge in [-0.05, 0) is 53.4 Å². The lowest BCUT2D eigenvalue weighted by Crippen LogP contribution is -2.43. The van der Waals surface area contributed by atoms with E-state index in [0.717, 1.165) is 19.3 Å². The molecule has 0 aromatic carbocycles. The second-order valence-electron chi connectivity index (χ2n) is 8.86. The summed E-state index contributed by atoms with van der Waals surface area (Å²) in [6, 6.07) is -0.0416. The fourth-order valence-corrected chi connectivity index (χ4v) is 4.88. The van der Waals surface area contributed by atoms with E-state index in [1.165, 1.54) is 19.3 Å². The van der Waals surface area contributed by atoms with Gasteiger partial charge in [-0.2, -0.15) is 0 Å². The van der Waals surface area contributed by atoms with Crippen molar-refractivity contribution in [3.05, 3.63) is 12.4 Å². The molecule has 160 valence electrons. The lowest BCUT2D eigenvalue weighted by Gasteiger charge is -2.35. The maximum Gasteiger partial charge on any atom is 0.498 e. The van der Waals surface area contributed by atoms with Gasteiger partial charge in [-0.15, -0.1) is 0 Å². The number of hydrogen-bond donors (Lipinski definition) is 0. The van der Waals surface area contributed by atoms with Gasteiger partial charge in [0, 0.05) is 37.4 Å². The van der Waals surface area contributed by atoms with Crippen LogP contribution in [-0.4, -0.2) is 65.9 Å². The third-order valence-corrected chi connectivity index (χ3v) is 7.74. The van der Waals surface area contributed by atoms with Crippen molar-refractivity contribution in [2.45, 2.75) is 82.7 Å². The average Bonchev–Trinajstić information content (AvgIpc) is 2.88. The number of hydrogen-bond acceptors (Lipinski definition) is 7. The van der Waals surface area contributed by atoms with Gasteiger partial charge in [-0.25, -0.2) is 18.4 Å². The van der Waals surface area contributed by atoms with E-state index < -0.39 is 28.2 Å². The van der Waals surface area contributed by atoms with E-state index in [2.05, 4.69) is 9.97 Å². The van der Waals surface area contributed by atoms with Crippen LogP contribution in [-0.2, 0) is 23.9 Å². The lowest BCUT2D eigenvalue weighted by molar-refractivity contribution is -0.132. The van der Waals surface area contributed by atoms with Gasteiger partial charge in [-0.3, -0.25) is 4.79 Å². The summed E-state index contributed by atoms with van der Waals surface area (Å²) in [5.74, 6) is -0.0906. The number of nitrogens with zero attached hydrogens (tertiary/aromatic N) is 3. The molecule has 2 aliphatic heterocycles. The van der Waals surface area contributed by atoms with Crippen molar-refractivity contribution in [1.82, 2.24) is 14.9 Å². The lowest BCUT2D eigenvalue weighted by atomic mass is 9.81. The number of likely N-dealkylation sites (tertiary alicyclic amines) is 1. The molecule has 1 unspecified atom stereocenters. The highest BCUT2D eigenvalue weighted by molar-refractivity contribution is 7.91. The molecular formula is C19H30BN3O5S. The summed E-state index contributed by atoms with van der Waals surface area (Å²) in [6.45, 7) is 10.0. The molecule has 0 saturated carbocycles. The molecule has 2 aliphatic rings. The summed E-state index contributed by atoms with van der Waals surface area (Å²) in [5.41, 5.74) is -0.409. The molecular weight excluding hydrogens is 393 g/mol. The first kappa shape index (κ1) is 22.2. The average molecular weight is 423 g/mol. The smallest absolute Gasteiger partial charge is 0.399 e. The van der Waals surface area contributed by atoms with E-state index in [1.807, 2.05) is 27.7 Å². The summed E-state index contributed by atoms with van der Waals surface area (Å²) in [4.78, 5) is 21.7. The Balaban J connectivity index is 1.67. The van der Waals surface area contributed by atoms with Gasteiger partial charge >= 0.3 is 7.12 Å². The summed E-state index contributed by atoms with van der Waals surface area (Å²) in [7, 11) is -4.27. The van der Waals surface area contributed by atoms with E-state index >= 15 is 0 Å². The topological polar surface area (TPSA) is 98.7 Å². The van der Waals surface area contributed by atoms with Crippen molar-refractivity contribution in [1.29, 1.82) is 0 Å². The first-order valence-electron chi connectivity index (χ1n) is 10.1. The quantitative estimate of drug-likeness (QED) is 0.521. The van der Waals surface area contributed by atoms with Gasteiger partial charge in [0.05, 0.1) is 17.0 Å². The summed E-state index contributed by atoms with van der Waals surface area (Å²) in [5, 5.41) is -0.206. The van der Waals surface area contributed by atoms with Crippen LogP contribution in [0.3, 0.4) is 0 Å². The Kier molecular flexibility index (Phi) is 6.09. The van der Waals surface area contributed by atoms with Crippen LogP contribution in [0.15, 0.2) is 17.6 Å². The van der Waals surface area contributed by atoms with Gasteiger partial charge < -0.3 is 14.2 Å². The third kappa shape index (κ3) is 4.64. The monoisotopic (exact) mass is 423 g/mol. The second kappa shape index (κ2) is 7.96. The molecule has 3 rings (SSSR count). The Labute approximate surface area is 173 Å². The molecule has 10 heteroatoms. The number of amides is 1. The molecule has 1 aromatic rings. The first-order chi connectivity index (χ1) is 13.4. The molecule has 1 atom stereocenters. The van der Waals surface area contributed by atoms with Crippen LogP contribution in [0.1, 0.15) is 60.3 Å². The maximum absolute atomic E-state index is 12.7. The SMILES string of the molecule is CC(=O)N1CCCCC1CCS(=O)(=O)c1ncc(B2OC(C)(C)C(C)(C)O2)cn1. The van der Waals surface area contributed by atoms with Crippen LogP contribution >= 0.6 is 0 Å². The zero-order chi connectivity index (χ0) is 21.4. The van der Waals surface area contributed by atoms with Crippen molar-refractivity contribution in [2.24, 2.45) is 0 Å². The molecule has 8 nitrogen and oxygen atoms in total. The van der Waals surface area contributed by atoms with Gasteiger partial charge in [0.15, 0.2) is 0 Å². The highest BCUT2D eigenvalue weighted by atomic mass is 32.2. The summed E-state index contributed by atoms with van der Waals surface area (Å²) in [6.07, 6.45) is 6.09. The van der Waals surface area contributed by atoms with Crippen molar-refractivity contribution in [3.63, 3.8) is 0 Å². The molecule has 0 aliphatic carbocycles. The van der Waals surface area contributed by atoms with Crippen molar-refractivity contribution < 1.29 is 22.5 Å². The predicted molar refractivity (Wildman–Crippen MR) is 109 cm³/mol. The van der Waals surface area contributed by atoms with Crippen molar-refractivity contribution in [2.75, 3.05) is 12.3 Å². The van der Waals surface area contributed by atoms with Crippen LogP contribution in [0, 0.1) is 0 Å². The Morgan fingerprint density at radius 3 is 2.31 bits per heavy atom. The standard InChI is InChI=1S/C19H30BN3O5S/c1-14(24)23-10-7-6-8-16(23)9-11-29(25,26)17-21-12-15(13-22-17)20-27-18(2,3)19(4,5)28-20/h12-13,16H,6-11H2,1-5H3. The van der Waals surface area contributed by atoms with E-state index in [4.69, 9.17) is 9.31 Å². The number of rotatable bonds is 5. The van der Waals surface area contributed by atoms with Crippen LogP contribution in [0.5, 0.6) is 0 Å². The maximum atomic E-state index is 12.7. The minimum absolute atomic E-state index is 0.00453. The fourth-order valence-electron chi connectivity index (χ4n) is 3.69. The molecule has 1 aromatic heterocycles. The van der Waals surface area contributed by atoms with E-state index in [9.17, 15) is 13.2 Å². The molecule has 0 N–H and O–H groups in total. The number of carbonyl (C=O) groups excluding carboxylic acids is 1. The molecule has 0 spiro atoms. The van der Waals surface area contributed by atoms with Crippen LogP contribution < -0.4 is 5.46 Å². The van der Waals surface area contributed by atoms with Crippen molar-refractivity contribution in [3.8, 4) is 0 Å². The van der Waals surface area contributed by atoms with Crippen LogP contribution in [0.25, 0.3) is 0 Å². The Morgan fingerprint density at radius 2 is 1.76 bits per heavy atom. The van der Waals surface area contributed by atoms with Crippen LogP contribution in [0.4, 0.5) is 0 Å². The number of carbonyl (C=O) groups is 1. The minimum Gasteiger partial charge on any atom is -0.399 e. The molecule has 3 heterocycles. The van der Waals surface area contributed by atoms with Crippen molar-refractivity contribution >= 4 is 28.3 Å². The number of sulfone groups is 1. The summed E-state index contributed by atoms with van der Waals surface area (Å²) < 4.78 is 37.3. The number of aromatic nitrogens is 2. The van der Waals surface area contributed by atoms with Gasteiger partial charge in [0.1, 0.15) is 0 Å². The van der Waals surface area contributed by atoms with E-state index in [1.54, 1.807) is 4.90 Å². The Bertz CT molecular complexity index is 841. The normalized spacial score (nSPS) is 24.0. The second-order valence-corrected chi connectivity index (χ2v) is 10.9. The molecule has 2 saturated heterocycles. The zero-order valence-electron chi connectivity index (χ0n) is 17.8. The van der Waals surface area contributed by atoms with Gasteiger partial charge in [-0.1, -0.05) is 0 Å². The Hall–Kier alpha value is -1.52. The summed E-state index contributed by atoms with van der Waals surface area (Å²) >= 11 is 0. The van der Waals surface area contributed by atoms with E-state index in [-0.39, 0.29) is 22.9 Å². The van der Waals surface area contributed by atoms with Gasteiger partial charge in [0.25, 0.3) is 0 Å². The highest BCUT2D eigenvalue weighted by Gasteiger charge is 2.52. The fraction of sp³-hybridized carbons (Fsp3) is 0.737. The molecule has 0 radical (unpaired) electrons. The molecule has 1 amide bonds. The van der Waals surface area contributed by atoms with Crippen LogP contribution in [0.2, 0.25) is 0 Å². The number of piperidine rings is 1. The predicted octanol–water partition coefficient (Wildman–Crippen LogP) is 1.34. The Morgan fingerprint density at radius 1 is 1.17 bits per heavy atom. The van der Waals surface area contributed by atoms with Gasteiger partial charge in [0.2, 0.25) is 20.9 Å². The molecule has 0 bridgehead atoms. The zero-order valence-corrected chi connectivity index (χ0v) is 18.7. The molecule has 29 heavy (non-hydrogen) atoms. The van der Waals surface area contributed by atoms with E-state index in [0.29, 0.717) is 18.4 Å². The highest BCUT2D eigenvalue weighted by Crippen LogP contribution is 2.36. The largest absolute Gasteiger partial charge is 0.498 e. The molecule has 2 fully saturated rings. The third-order valence-electron chi connectivity index (χ3n) is 6.20. The first-order valence-corrected chi connectivity index (χ1v) is 11.8.